The normalized spacial score (nSPS) is 12.4. The highest BCUT2D eigenvalue weighted by atomic mass is 35.5. The molecule has 17 heavy (non-hydrogen) atoms. The smallest absolute Gasteiger partial charge is 0.125 e. The molecule has 1 N–H and O–H groups in total. The summed E-state index contributed by atoms with van der Waals surface area (Å²) in [6.45, 7) is 2.21. The number of aliphatic hydroxyl groups excluding tert-OH is 1. The number of ether oxygens (including phenoxy) is 1. The van der Waals surface area contributed by atoms with Crippen LogP contribution < -0.4 is 4.74 Å². The number of benzene rings is 1. The summed E-state index contributed by atoms with van der Waals surface area (Å²) in [6, 6.07) is 9.29. The summed E-state index contributed by atoms with van der Waals surface area (Å²) in [4.78, 5) is 1.15. The predicted octanol–water partition coefficient (Wildman–Crippen LogP) is 4.03. The number of halogens is 1. The van der Waals surface area contributed by atoms with E-state index >= 15 is 0 Å². The van der Waals surface area contributed by atoms with Gasteiger partial charge in [-0.3, -0.25) is 0 Å². The fourth-order valence-corrected chi connectivity index (χ4v) is 2.32. The Labute approximate surface area is 109 Å². The Morgan fingerprint density at radius 2 is 2.24 bits per heavy atom. The highest BCUT2D eigenvalue weighted by molar-refractivity contribution is 7.09. The SMILES string of the molecule is C[C@@H](O)c1cc(Cl)ccc1OCc1cccs1. The number of hydrogen-bond donors (Lipinski definition) is 1. The van der Waals surface area contributed by atoms with Crippen molar-refractivity contribution >= 4 is 22.9 Å². The maximum Gasteiger partial charge on any atom is 0.125 e. The lowest BCUT2D eigenvalue weighted by Crippen LogP contribution is -1.99. The zero-order valence-electron chi connectivity index (χ0n) is 9.39. The summed E-state index contributed by atoms with van der Waals surface area (Å²) in [5.74, 6) is 0.679. The van der Waals surface area contributed by atoms with Crippen molar-refractivity contribution in [3.8, 4) is 5.75 Å². The number of rotatable bonds is 4. The van der Waals surface area contributed by atoms with Crippen LogP contribution in [0.2, 0.25) is 5.02 Å². The summed E-state index contributed by atoms with van der Waals surface area (Å²) in [7, 11) is 0. The van der Waals surface area contributed by atoms with Crippen molar-refractivity contribution in [3.63, 3.8) is 0 Å². The van der Waals surface area contributed by atoms with Crippen LogP contribution >= 0.6 is 22.9 Å². The highest BCUT2D eigenvalue weighted by Gasteiger charge is 2.10. The Hall–Kier alpha value is -1.03. The molecule has 0 saturated carbocycles. The van der Waals surface area contributed by atoms with Gasteiger partial charge in [0.15, 0.2) is 0 Å². The van der Waals surface area contributed by atoms with Gasteiger partial charge in [0.2, 0.25) is 0 Å². The molecule has 1 heterocycles. The first-order valence-electron chi connectivity index (χ1n) is 5.29. The molecular formula is C13H13ClO2S. The second kappa shape index (κ2) is 5.54. The summed E-state index contributed by atoms with van der Waals surface area (Å²) < 4.78 is 5.69. The van der Waals surface area contributed by atoms with Crippen LogP contribution in [0.4, 0.5) is 0 Å². The lowest BCUT2D eigenvalue weighted by atomic mass is 10.1. The van der Waals surface area contributed by atoms with E-state index in [9.17, 15) is 5.11 Å². The summed E-state index contributed by atoms with van der Waals surface area (Å²) in [5.41, 5.74) is 0.717. The van der Waals surface area contributed by atoms with Crippen molar-refractivity contribution in [1.29, 1.82) is 0 Å². The predicted molar refractivity (Wildman–Crippen MR) is 70.7 cm³/mol. The Morgan fingerprint density at radius 3 is 2.88 bits per heavy atom. The Kier molecular flexibility index (Phi) is 4.05. The second-order valence-corrected chi connectivity index (χ2v) is 5.19. The van der Waals surface area contributed by atoms with E-state index in [4.69, 9.17) is 16.3 Å². The lowest BCUT2D eigenvalue weighted by molar-refractivity contribution is 0.190. The van der Waals surface area contributed by atoms with Gasteiger partial charge in [0.1, 0.15) is 12.4 Å². The molecule has 0 unspecified atom stereocenters. The Balaban J connectivity index is 2.14. The van der Waals surface area contributed by atoms with E-state index in [1.807, 2.05) is 17.5 Å². The first-order chi connectivity index (χ1) is 8.16. The molecule has 0 bridgehead atoms. The minimum absolute atomic E-state index is 0.513. The van der Waals surface area contributed by atoms with Gasteiger partial charge in [-0.2, -0.15) is 0 Å². The largest absolute Gasteiger partial charge is 0.488 e. The molecule has 2 nitrogen and oxygen atoms in total. The van der Waals surface area contributed by atoms with Gasteiger partial charge in [-0.05, 0) is 36.6 Å². The van der Waals surface area contributed by atoms with E-state index in [0.717, 1.165) is 4.88 Å². The molecule has 0 aliphatic heterocycles. The molecule has 2 aromatic rings. The molecule has 0 aliphatic rings. The molecule has 0 amide bonds. The fraction of sp³-hybridized carbons (Fsp3) is 0.231. The third kappa shape index (κ3) is 3.22. The van der Waals surface area contributed by atoms with Gasteiger partial charge in [0.05, 0.1) is 6.10 Å². The molecular weight excluding hydrogens is 256 g/mol. The zero-order valence-corrected chi connectivity index (χ0v) is 11.0. The van der Waals surface area contributed by atoms with Crippen molar-refractivity contribution in [2.75, 3.05) is 0 Å². The van der Waals surface area contributed by atoms with E-state index in [-0.39, 0.29) is 0 Å². The van der Waals surface area contributed by atoms with Crippen LogP contribution in [0.1, 0.15) is 23.5 Å². The van der Waals surface area contributed by atoms with Crippen molar-refractivity contribution < 1.29 is 9.84 Å². The molecule has 2 rings (SSSR count). The first kappa shape index (κ1) is 12.4. The lowest BCUT2D eigenvalue weighted by Gasteiger charge is -2.13. The Bertz CT molecular complexity index is 480. The Morgan fingerprint density at radius 1 is 1.41 bits per heavy atom. The van der Waals surface area contributed by atoms with Crippen LogP contribution in [0, 0.1) is 0 Å². The first-order valence-corrected chi connectivity index (χ1v) is 6.55. The minimum atomic E-state index is -0.591. The van der Waals surface area contributed by atoms with Crippen LogP contribution in [-0.4, -0.2) is 5.11 Å². The van der Waals surface area contributed by atoms with Crippen LogP contribution in [0.25, 0.3) is 0 Å². The number of thiophene rings is 1. The van der Waals surface area contributed by atoms with Gasteiger partial charge in [-0.1, -0.05) is 17.7 Å². The monoisotopic (exact) mass is 268 g/mol. The quantitative estimate of drug-likeness (QED) is 0.907. The maximum atomic E-state index is 9.65. The summed E-state index contributed by atoms with van der Waals surface area (Å²) in [6.07, 6.45) is -0.591. The van der Waals surface area contributed by atoms with E-state index in [1.54, 1.807) is 36.5 Å². The zero-order chi connectivity index (χ0) is 12.3. The average Bonchev–Trinajstić information content (AvgIpc) is 2.80. The van der Waals surface area contributed by atoms with Gasteiger partial charge in [-0.25, -0.2) is 0 Å². The highest BCUT2D eigenvalue weighted by Crippen LogP contribution is 2.29. The topological polar surface area (TPSA) is 29.5 Å². The van der Waals surface area contributed by atoms with E-state index in [1.165, 1.54) is 0 Å². The van der Waals surface area contributed by atoms with Crippen LogP contribution in [0.5, 0.6) is 5.75 Å². The molecule has 1 aromatic heterocycles. The number of aliphatic hydroxyl groups is 1. The summed E-state index contributed by atoms with van der Waals surface area (Å²) in [5, 5.41) is 12.3. The average molecular weight is 269 g/mol. The fourth-order valence-electron chi connectivity index (χ4n) is 1.52. The molecule has 90 valence electrons. The van der Waals surface area contributed by atoms with Crippen LogP contribution in [0.3, 0.4) is 0 Å². The van der Waals surface area contributed by atoms with E-state index in [2.05, 4.69) is 0 Å². The van der Waals surface area contributed by atoms with Crippen LogP contribution in [-0.2, 0) is 6.61 Å². The van der Waals surface area contributed by atoms with Gasteiger partial charge < -0.3 is 9.84 Å². The van der Waals surface area contributed by atoms with Gasteiger partial charge in [0.25, 0.3) is 0 Å². The van der Waals surface area contributed by atoms with Gasteiger partial charge in [-0.15, -0.1) is 11.3 Å². The molecule has 1 aromatic carbocycles. The van der Waals surface area contributed by atoms with E-state index in [0.29, 0.717) is 22.9 Å². The third-order valence-electron chi connectivity index (χ3n) is 2.37. The third-order valence-corrected chi connectivity index (χ3v) is 3.46. The van der Waals surface area contributed by atoms with Gasteiger partial charge >= 0.3 is 0 Å². The van der Waals surface area contributed by atoms with Crippen molar-refractivity contribution in [2.45, 2.75) is 19.6 Å². The number of hydrogen-bond acceptors (Lipinski definition) is 3. The molecule has 0 aliphatic carbocycles. The molecule has 0 fully saturated rings. The molecule has 1 atom stereocenters. The standard InChI is InChI=1S/C13H13ClO2S/c1-9(15)12-7-10(14)4-5-13(12)16-8-11-3-2-6-17-11/h2-7,9,15H,8H2,1H3/t9-/m1/s1. The maximum absolute atomic E-state index is 9.65. The molecule has 0 radical (unpaired) electrons. The minimum Gasteiger partial charge on any atom is -0.488 e. The summed E-state index contributed by atoms with van der Waals surface area (Å²) >= 11 is 7.54. The van der Waals surface area contributed by atoms with Crippen molar-refractivity contribution in [2.24, 2.45) is 0 Å². The van der Waals surface area contributed by atoms with E-state index < -0.39 is 6.10 Å². The molecule has 0 spiro atoms. The second-order valence-electron chi connectivity index (χ2n) is 3.73. The van der Waals surface area contributed by atoms with Crippen LogP contribution in [0.15, 0.2) is 35.7 Å². The van der Waals surface area contributed by atoms with Crippen molar-refractivity contribution in [1.82, 2.24) is 0 Å². The van der Waals surface area contributed by atoms with Gasteiger partial charge in [0, 0.05) is 15.5 Å². The molecule has 0 saturated heterocycles. The van der Waals surface area contributed by atoms with Crippen molar-refractivity contribution in [3.05, 3.63) is 51.2 Å². The molecule has 4 heteroatoms.